The molecule has 0 radical (unpaired) electrons. The highest BCUT2D eigenvalue weighted by molar-refractivity contribution is 5.92. The largest absolute Gasteiger partial charge is 0.393 e. The van der Waals surface area contributed by atoms with Crippen LogP contribution in [-0.2, 0) is 0 Å². The summed E-state index contributed by atoms with van der Waals surface area (Å²) in [6, 6.07) is 7.13. The van der Waals surface area contributed by atoms with E-state index in [2.05, 4.69) is 10.1 Å². The van der Waals surface area contributed by atoms with Gasteiger partial charge in [-0.05, 0) is 31.0 Å². The van der Waals surface area contributed by atoms with Crippen molar-refractivity contribution in [1.29, 1.82) is 0 Å². The third-order valence-corrected chi connectivity index (χ3v) is 4.17. The first kappa shape index (κ1) is 14.7. The fourth-order valence-corrected chi connectivity index (χ4v) is 2.93. The van der Waals surface area contributed by atoms with Crippen LogP contribution in [0, 0.1) is 5.92 Å². The maximum Gasteiger partial charge on any atom is 0.272 e. The fraction of sp³-hybridized carbons (Fsp3) is 0.438. The number of carbonyl (C=O) groups is 1. The van der Waals surface area contributed by atoms with Gasteiger partial charge in [-0.25, -0.2) is 9.67 Å². The number of hydrogen-bond donors (Lipinski definition) is 1. The highest BCUT2D eigenvalue weighted by Gasteiger charge is 2.28. The quantitative estimate of drug-likeness (QED) is 0.929. The standard InChI is InChI=1S/C16H20N4O2/c1-19(11-12-5-2-7-14(12)21)16(22)13-6-3-8-15(18-13)20-10-4-9-17-20/h3-4,6,8-10,12,14,21H,2,5,7,11H2,1H3. The van der Waals surface area contributed by atoms with E-state index in [-0.39, 0.29) is 17.9 Å². The molecule has 6 heteroatoms. The molecule has 3 rings (SSSR count). The van der Waals surface area contributed by atoms with Crippen molar-refractivity contribution < 1.29 is 9.90 Å². The van der Waals surface area contributed by atoms with Crippen molar-refractivity contribution in [2.75, 3.05) is 13.6 Å². The molecule has 0 saturated heterocycles. The van der Waals surface area contributed by atoms with Crippen LogP contribution in [0.1, 0.15) is 29.8 Å². The summed E-state index contributed by atoms with van der Waals surface area (Å²) in [5, 5.41) is 14.0. The molecular weight excluding hydrogens is 280 g/mol. The summed E-state index contributed by atoms with van der Waals surface area (Å²) in [6.45, 7) is 0.563. The van der Waals surface area contributed by atoms with Crippen LogP contribution in [0.5, 0.6) is 0 Å². The van der Waals surface area contributed by atoms with E-state index in [1.54, 1.807) is 41.2 Å². The number of amides is 1. The third-order valence-electron chi connectivity index (χ3n) is 4.17. The summed E-state index contributed by atoms with van der Waals surface area (Å²) in [5.41, 5.74) is 0.392. The van der Waals surface area contributed by atoms with Gasteiger partial charge in [0.2, 0.25) is 0 Å². The molecular formula is C16H20N4O2. The Bertz CT molecular complexity index is 641. The van der Waals surface area contributed by atoms with E-state index in [1.165, 1.54) is 0 Å². The summed E-state index contributed by atoms with van der Waals surface area (Å²) in [5.74, 6) is 0.654. The zero-order valence-corrected chi connectivity index (χ0v) is 12.6. The molecule has 2 unspecified atom stereocenters. The summed E-state index contributed by atoms with van der Waals surface area (Å²) >= 11 is 0. The topological polar surface area (TPSA) is 71.2 Å². The van der Waals surface area contributed by atoms with Crippen molar-refractivity contribution in [3.05, 3.63) is 42.4 Å². The molecule has 0 aromatic carbocycles. The summed E-state index contributed by atoms with van der Waals surface area (Å²) in [6.07, 6.45) is 6.00. The number of carbonyl (C=O) groups excluding carboxylic acids is 1. The van der Waals surface area contributed by atoms with Crippen LogP contribution < -0.4 is 0 Å². The third kappa shape index (κ3) is 3.01. The van der Waals surface area contributed by atoms with Crippen LogP contribution in [-0.4, -0.2) is 50.4 Å². The highest BCUT2D eigenvalue weighted by atomic mass is 16.3. The van der Waals surface area contributed by atoms with E-state index in [0.717, 1.165) is 19.3 Å². The maximum atomic E-state index is 12.5. The molecule has 2 aromatic heterocycles. The Labute approximate surface area is 129 Å². The summed E-state index contributed by atoms with van der Waals surface area (Å²) in [4.78, 5) is 18.5. The average molecular weight is 300 g/mol. The zero-order valence-electron chi connectivity index (χ0n) is 12.6. The van der Waals surface area contributed by atoms with Crippen LogP contribution in [0.25, 0.3) is 5.82 Å². The van der Waals surface area contributed by atoms with E-state index in [9.17, 15) is 9.90 Å². The molecule has 2 atom stereocenters. The van der Waals surface area contributed by atoms with Gasteiger partial charge < -0.3 is 10.0 Å². The second kappa shape index (κ2) is 6.27. The maximum absolute atomic E-state index is 12.5. The van der Waals surface area contributed by atoms with Gasteiger partial charge in [0.25, 0.3) is 5.91 Å². The molecule has 6 nitrogen and oxygen atoms in total. The first-order chi connectivity index (χ1) is 10.6. The van der Waals surface area contributed by atoms with E-state index in [4.69, 9.17) is 0 Å². The monoisotopic (exact) mass is 300 g/mol. The molecule has 1 fully saturated rings. The molecule has 0 bridgehead atoms. The van der Waals surface area contributed by atoms with E-state index >= 15 is 0 Å². The number of aromatic nitrogens is 3. The van der Waals surface area contributed by atoms with Crippen molar-refractivity contribution in [3.8, 4) is 5.82 Å². The molecule has 2 aromatic rings. The number of aliphatic hydroxyl groups is 1. The lowest BCUT2D eigenvalue weighted by atomic mass is 10.1. The Kier molecular flexibility index (Phi) is 4.20. The molecule has 1 saturated carbocycles. The van der Waals surface area contributed by atoms with Crippen molar-refractivity contribution in [3.63, 3.8) is 0 Å². The van der Waals surface area contributed by atoms with Gasteiger partial charge in [-0.3, -0.25) is 4.79 Å². The number of rotatable bonds is 4. The van der Waals surface area contributed by atoms with Crippen molar-refractivity contribution >= 4 is 5.91 Å². The first-order valence-corrected chi connectivity index (χ1v) is 7.56. The number of nitrogens with zero attached hydrogens (tertiary/aromatic N) is 4. The van der Waals surface area contributed by atoms with Gasteiger partial charge in [-0.15, -0.1) is 0 Å². The van der Waals surface area contributed by atoms with Gasteiger partial charge in [-0.1, -0.05) is 12.5 Å². The Hall–Kier alpha value is -2.21. The van der Waals surface area contributed by atoms with Crippen LogP contribution in [0.15, 0.2) is 36.7 Å². The normalized spacial score (nSPS) is 21.0. The van der Waals surface area contributed by atoms with E-state index in [0.29, 0.717) is 18.1 Å². The van der Waals surface area contributed by atoms with Crippen LogP contribution >= 0.6 is 0 Å². The Balaban J connectivity index is 1.73. The lowest BCUT2D eigenvalue weighted by Crippen LogP contribution is -2.35. The summed E-state index contributed by atoms with van der Waals surface area (Å²) in [7, 11) is 1.76. The lowest BCUT2D eigenvalue weighted by Gasteiger charge is -2.23. The SMILES string of the molecule is CN(CC1CCCC1O)C(=O)c1cccc(-n2cccn2)n1. The average Bonchev–Trinajstić information content (AvgIpc) is 3.19. The predicted molar refractivity (Wildman–Crippen MR) is 81.7 cm³/mol. The molecule has 0 spiro atoms. The number of pyridine rings is 1. The van der Waals surface area contributed by atoms with Gasteiger partial charge in [0.05, 0.1) is 6.10 Å². The second-order valence-corrected chi connectivity index (χ2v) is 5.78. The lowest BCUT2D eigenvalue weighted by molar-refractivity contribution is 0.0688. The minimum atomic E-state index is -0.293. The van der Waals surface area contributed by atoms with Crippen molar-refractivity contribution in [2.45, 2.75) is 25.4 Å². The van der Waals surface area contributed by atoms with Crippen LogP contribution in [0.2, 0.25) is 0 Å². The molecule has 1 aliphatic carbocycles. The van der Waals surface area contributed by atoms with Gasteiger partial charge in [-0.2, -0.15) is 5.10 Å². The second-order valence-electron chi connectivity index (χ2n) is 5.78. The molecule has 1 amide bonds. The Morgan fingerprint density at radius 2 is 2.27 bits per heavy atom. The van der Waals surface area contributed by atoms with Gasteiger partial charge in [0.1, 0.15) is 5.69 Å². The zero-order chi connectivity index (χ0) is 15.5. The van der Waals surface area contributed by atoms with Gasteiger partial charge in [0, 0.05) is 31.9 Å². The van der Waals surface area contributed by atoms with Gasteiger partial charge in [0.15, 0.2) is 5.82 Å². The predicted octanol–water partition coefficient (Wildman–Crippen LogP) is 1.50. The van der Waals surface area contributed by atoms with Crippen LogP contribution in [0.3, 0.4) is 0 Å². The minimum absolute atomic E-state index is 0.131. The van der Waals surface area contributed by atoms with Crippen molar-refractivity contribution in [2.24, 2.45) is 5.92 Å². The summed E-state index contributed by atoms with van der Waals surface area (Å²) < 4.78 is 1.62. The smallest absolute Gasteiger partial charge is 0.272 e. The number of aliphatic hydroxyl groups excluding tert-OH is 1. The molecule has 0 aliphatic heterocycles. The molecule has 1 N–H and O–H groups in total. The van der Waals surface area contributed by atoms with E-state index < -0.39 is 0 Å². The molecule has 116 valence electrons. The van der Waals surface area contributed by atoms with E-state index in [1.807, 2.05) is 12.1 Å². The number of hydrogen-bond acceptors (Lipinski definition) is 4. The highest BCUT2D eigenvalue weighted by Crippen LogP contribution is 2.26. The molecule has 2 heterocycles. The Morgan fingerprint density at radius 1 is 1.41 bits per heavy atom. The van der Waals surface area contributed by atoms with Crippen LogP contribution in [0.4, 0.5) is 0 Å². The first-order valence-electron chi connectivity index (χ1n) is 7.56. The van der Waals surface area contributed by atoms with Crippen molar-refractivity contribution in [1.82, 2.24) is 19.7 Å². The molecule has 1 aliphatic rings. The van der Waals surface area contributed by atoms with Gasteiger partial charge >= 0.3 is 0 Å². The Morgan fingerprint density at radius 3 is 2.95 bits per heavy atom. The fourth-order valence-electron chi connectivity index (χ4n) is 2.93. The minimum Gasteiger partial charge on any atom is -0.393 e. The molecule has 22 heavy (non-hydrogen) atoms.